The number of likely N-dealkylation sites (tertiary alicyclic amines) is 1. The van der Waals surface area contributed by atoms with Gasteiger partial charge in [-0.3, -0.25) is 9.69 Å². The van der Waals surface area contributed by atoms with E-state index in [1.807, 2.05) is 43.3 Å². The second-order valence-electron chi connectivity index (χ2n) is 6.55. The van der Waals surface area contributed by atoms with Crippen LogP contribution in [0.2, 0.25) is 0 Å². The van der Waals surface area contributed by atoms with Crippen molar-refractivity contribution in [2.24, 2.45) is 0 Å². The summed E-state index contributed by atoms with van der Waals surface area (Å²) < 4.78 is 24.4. The van der Waals surface area contributed by atoms with Crippen LogP contribution in [-0.2, 0) is 4.79 Å². The maximum atomic E-state index is 13.2. The number of carbonyl (C=O) groups excluding carboxylic acids is 1. The van der Waals surface area contributed by atoms with Crippen LogP contribution < -0.4 is 9.47 Å². The highest BCUT2D eigenvalue weighted by atomic mass is 19.1. The number of ether oxygens (including phenoxy) is 2. The molecule has 0 radical (unpaired) electrons. The highest BCUT2D eigenvalue weighted by molar-refractivity contribution is 5.84. The number of carbonyl (C=O) groups is 1. The second kappa shape index (κ2) is 7.74. The van der Waals surface area contributed by atoms with Gasteiger partial charge in [-0.1, -0.05) is 24.3 Å². The Bertz CT molecular complexity index is 758. The van der Waals surface area contributed by atoms with Gasteiger partial charge in [0.1, 0.15) is 18.0 Å². The minimum atomic E-state index is -0.442. The standard InChI is InChI=1S/C20H23FN2O3/c1-22(2)19(14-8-10-15(21)11-9-14)20(24)23-12-16(13-23)26-18-7-5-4-6-17(18)25-3/h4-11,16,19H,12-13H2,1-3H3/t19-/m0/s1. The zero-order chi connectivity index (χ0) is 18.7. The van der Waals surface area contributed by atoms with E-state index in [4.69, 9.17) is 9.47 Å². The van der Waals surface area contributed by atoms with E-state index in [2.05, 4.69) is 0 Å². The number of amides is 1. The zero-order valence-corrected chi connectivity index (χ0v) is 15.2. The molecule has 2 aromatic carbocycles. The number of para-hydroxylation sites is 2. The topological polar surface area (TPSA) is 42.0 Å². The van der Waals surface area contributed by atoms with Gasteiger partial charge >= 0.3 is 0 Å². The number of likely N-dealkylation sites (N-methyl/N-ethyl adjacent to an activating group) is 1. The number of rotatable bonds is 6. The summed E-state index contributed by atoms with van der Waals surface area (Å²) >= 11 is 0. The number of nitrogens with zero attached hydrogens (tertiary/aromatic N) is 2. The predicted molar refractivity (Wildman–Crippen MR) is 96.8 cm³/mol. The maximum absolute atomic E-state index is 13.2. The second-order valence-corrected chi connectivity index (χ2v) is 6.55. The Hall–Kier alpha value is -2.60. The minimum Gasteiger partial charge on any atom is -0.493 e. The van der Waals surface area contributed by atoms with Crippen molar-refractivity contribution in [2.75, 3.05) is 34.3 Å². The van der Waals surface area contributed by atoms with Crippen LogP contribution in [0, 0.1) is 5.82 Å². The number of halogens is 1. The molecule has 1 heterocycles. The molecule has 2 aromatic rings. The third-order valence-corrected chi connectivity index (χ3v) is 4.46. The molecule has 0 N–H and O–H groups in total. The van der Waals surface area contributed by atoms with E-state index in [1.165, 1.54) is 12.1 Å². The highest BCUT2D eigenvalue weighted by Gasteiger charge is 2.37. The van der Waals surface area contributed by atoms with Crippen LogP contribution in [0.15, 0.2) is 48.5 Å². The molecule has 6 heteroatoms. The average molecular weight is 358 g/mol. The summed E-state index contributed by atoms with van der Waals surface area (Å²) in [5, 5.41) is 0. The first-order valence-corrected chi connectivity index (χ1v) is 8.50. The molecule has 1 fully saturated rings. The first kappa shape index (κ1) is 18.2. The van der Waals surface area contributed by atoms with Crippen molar-refractivity contribution in [3.05, 3.63) is 59.9 Å². The first-order valence-electron chi connectivity index (χ1n) is 8.50. The van der Waals surface area contributed by atoms with Gasteiger partial charge in [0.15, 0.2) is 11.5 Å². The van der Waals surface area contributed by atoms with Crippen molar-refractivity contribution in [1.29, 1.82) is 0 Å². The molecule has 138 valence electrons. The van der Waals surface area contributed by atoms with Crippen LogP contribution in [0.1, 0.15) is 11.6 Å². The normalized spacial score (nSPS) is 15.5. The van der Waals surface area contributed by atoms with E-state index >= 15 is 0 Å². The van der Waals surface area contributed by atoms with E-state index in [1.54, 1.807) is 24.1 Å². The molecule has 0 aromatic heterocycles. The van der Waals surface area contributed by atoms with Gasteiger partial charge in [0.2, 0.25) is 5.91 Å². The summed E-state index contributed by atoms with van der Waals surface area (Å²) in [5.74, 6) is 1.03. The molecule has 0 aliphatic carbocycles. The molecule has 1 aliphatic rings. The van der Waals surface area contributed by atoms with Crippen molar-refractivity contribution >= 4 is 5.91 Å². The molecule has 1 aliphatic heterocycles. The monoisotopic (exact) mass is 358 g/mol. The minimum absolute atomic E-state index is 0.0125. The molecule has 1 atom stereocenters. The predicted octanol–water partition coefficient (Wildman–Crippen LogP) is 2.73. The lowest BCUT2D eigenvalue weighted by Crippen LogP contribution is -2.58. The van der Waals surface area contributed by atoms with Gasteiger partial charge in [0.05, 0.1) is 20.2 Å². The Kier molecular flexibility index (Phi) is 5.42. The van der Waals surface area contributed by atoms with Crippen LogP contribution in [-0.4, -0.2) is 56.1 Å². The zero-order valence-electron chi connectivity index (χ0n) is 15.2. The lowest BCUT2D eigenvalue weighted by molar-refractivity contribution is -0.145. The molecule has 1 saturated heterocycles. The molecule has 1 amide bonds. The lowest BCUT2D eigenvalue weighted by Gasteiger charge is -2.41. The number of methoxy groups -OCH3 is 1. The van der Waals surface area contributed by atoms with Gasteiger partial charge in [0, 0.05) is 0 Å². The van der Waals surface area contributed by atoms with Gasteiger partial charge in [-0.05, 0) is 43.9 Å². The Balaban J connectivity index is 1.63. The fraction of sp³-hybridized carbons (Fsp3) is 0.350. The molecular weight excluding hydrogens is 335 g/mol. The van der Waals surface area contributed by atoms with Crippen molar-refractivity contribution in [1.82, 2.24) is 9.80 Å². The van der Waals surface area contributed by atoms with Crippen LogP contribution in [0.25, 0.3) is 0 Å². The van der Waals surface area contributed by atoms with Crippen molar-refractivity contribution in [3.8, 4) is 11.5 Å². The molecule has 0 saturated carbocycles. The molecule has 26 heavy (non-hydrogen) atoms. The molecular formula is C20H23FN2O3. The van der Waals surface area contributed by atoms with Crippen LogP contribution in [0.4, 0.5) is 4.39 Å². The van der Waals surface area contributed by atoms with E-state index in [-0.39, 0.29) is 17.8 Å². The van der Waals surface area contributed by atoms with E-state index in [0.717, 1.165) is 5.56 Å². The van der Waals surface area contributed by atoms with Crippen molar-refractivity contribution in [2.45, 2.75) is 12.1 Å². The summed E-state index contributed by atoms with van der Waals surface area (Å²) in [5.41, 5.74) is 0.774. The van der Waals surface area contributed by atoms with Crippen molar-refractivity contribution < 1.29 is 18.7 Å². The quantitative estimate of drug-likeness (QED) is 0.796. The molecule has 3 rings (SSSR count). The Labute approximate surface area is 152 Å². The fourth-order valence-corrected chi connectivity index (χ4v) is 3.07. The summed E-state index contributed by atoms with van der Waals surface area (Å²) in [4.78, 5) is 16.5. The largest absolute Gasteiger partial charge is 0.493 e. The Morgan fingerprint density at radius 1 is 1.12 bits per heavy atom. The Morgan fingerprint density at radius 3 is 2.31 bits per heavy atom. The maximum Gasteiger partial charge on any atom is 0.244 e. The van der Waals surface area contributed by atoms with Crippen molar-refractivity contribution in [3.63, 3.8) is 0 Å². The number of hydrogen-bond donors (Lipinski definition) is 0. The lowest BCUT2D eigenvalue weighted by atomic mass is 10.0. The third kappa shape index (κ3) is 3.80. The third-order valence-electron chi connectivity index (χ3n) is 4.46. The highest BCUT2D eigenvalue weighted by Crippen LogP contribution is 2.30. The van der Waals surface area contributed by atoms with Gasteiger partial charge in [-0.2, -0.15) is 0 Å². The van der Waals surface area contributed by atoms with E-state index in [9.17, 15) is 9.18 Å². The van der Waals surface area contributed by atoms with Gasteiger partial charge in [-0.15, -0.1) is 0 Å². The first-order chi connectivity index (χ1) is 12.5. The smallest absolute Gasteiger partial charge is 0.244 e. The summed E-state index contributed by atoms with van der Waals surface area (Å²) in [6, 6.07) is 13.1. The average Bonchev–Trinajstić information content (AvgIpc) is 2.59. The number of hydrogen-bond acceptors (Lipinski definition) is 4. The molecule has 0 unspecified atom stereocenters. The molecule has 5 nitrogen and oxygen atoms in total. The van der Waals surface area contributed by atoms with Gasteiger partial charge < -0.3 is 14.4 Å². The summed E-state index contributed by atoms with van der Waals surface area (Å²) in [6.07, 6.45) is -0.0636. The van der Waals surface area contributed by atoms with Gasteiger partial charge in [0.25, 0.3) is 0 Å². The van der Waals surface area contributed by atoms with Crippen LogP contribution >= 0.6 is 0 Å². The van der Waals surface area contributed by atoms with E-state index in [0.29, 0.717) is 24.6 Å². The summed E-state index contributed by atoms with van der Waals surface area (Å²) in [7, 11) is 5.28. The fourth-order valence-electron chi connectivity index (χ4n) is 3.07. The van der Waals surface area contributed by atoms with Crippen LogP contribution in [0.5, 0.6) is 11.5 Å². The Morgan fingerprint density at radius 2 is 1.73 bits per heavy atom. The number of benzene rings is 2. The molecule has 0 spiro atoms. The van der Waals surface area contributed by atoms with Gasteiger partial charge in [-0.25, -0.2) is 4.39 Å². The molecule has 0 bridgehead atoms. The van der Waals surface area contributed by atoms with Crippen LogP contribution in [0.3, 0.4) is 0 Å². The van der Waals surface area contributed by atoms with E-state index < -0.39 is 6.04 Å². The summed E-state index contributed by atoms with van der Waals surface area (Å²) in [6.45, 7) is 1.03. The SMILES string of the molecule is COc1ccccc1OC1CN(C(=O)[C@H](c2ccc(F)cc2)N(C)C)C1.